The monoisotopic (exact) mass is 297 g/mol. The quantitative estimate of drug-likeness (QED) is 0.870. The van der Waals surface area contributed by atoms with Crippen molar-refractivity contribution in [1.82, 2.24) is 5.32 Å². The SMILES string of the molecule is CC(=O)[C@H](CCNC(C)C)c1ccc(Br)cc1. The Morgan fingerprint density at radius 2 is 1.88 bits per heavy atom. The fraction of sp³-hybridized carbons (Fsp3) is 0.500. The van der Waals surface area contributed by atoms with Gasteiger partial charge in [-0.2, -0.15) is 0 Å². The van der Waals surface area contributed by atoms with E-state index in [9.17, 15) is 4.79 Å². The van der Waals surface area contributed by atoms with Crippen LogP contribution in [0.15, 0.2) is 28.7 Å². The maximum atomic E-state index is 11.7. The maximum absolute atomic E-state index is 11.7. The summed E-state index contributed by atoms with van der Waals surface area (Å²) in [4.78, 5) is 11.7. The van der Waals surface area contributed by atoms with Gasteiger partial charge in [-0.15, -0.1) is 0 Å². The molecule has 1 aromatic rings. The highest BCUT2D eigenvalue weighted by Gasteiger charge is 2.16. The Bertz CT molecular complexity index is 359. The molecule has 0 aliphatic rings. The number of benzene rings is 1. The van der Waals surface area contributed by atoms with Crippen LogP contribution in [0.5, 0.6) is 0 Å². The van der Waals surface area contributed by atoms with Crippen molar-refractivity contribution in [2.45, 2.75) is 39.2 Å². The van der Waals surface area contributed by atoms with Crippen molar-refractivity contribution >= 4 is 21.7 Å². The second kappa shape index (κ2) is 6.92. The Kier molecular flexibility index (Phi) is 5.86. The molecule has 17 heavy (non-hydrogen) atoms. The first-order chi connectivity index (χ1) is 8.00. The molecule has 1 atom stereocenters. The minimum absolute atomic E-state index is 0.00866. The first kappa shape index (κ1) is 14.4. The second-order valence-electron chi connectivity index (χ2n) is 4.61. The van der Waals surface area contributed by atoms with E-state index in [0.717, 1.165) is 23.0 Å². The molecule has 1 rings (SSSR count). The van der Waals surface area contributed by atoms with E-state index in [1.807, 2.05) is 24.3 Å². The molecule has 0 bridgehead atoms. The molecule has 1 aromatic carbocycles. The Morgan fingerprint density at radius 1 is 1.29 bits per heavy atom. The summed E-state index contributed by atoms with van der Waals surface area (Å²) in [5.41, 5.74) is 1.10. The molecule has 94 valence electrons. The molecule has 1 N–H and O–H groups in total. The van der Waals surface area contributed by atoms with Crippen molar-refractivity contribution < 1.29 is 4.79 Å². The van der Waals surface area contributed by atoms with Gasteiger partial charge in [0, 0.05) is 16.4 Å². The van der Waals surface area contributed by atoms with Gasteiger partial charge in [0.25, 0.3) is 0 Å². The molecule has 0 aromatic heterocycles. The van der Waals surface area contributed by atoms with Crippen LogP contribution in [0.3, 0.4) is 0 Å². The van der Waals surface area contributed by atoms with Crippen LogP contribution in [0.4, 0.5) is 0 Å². The Balaban J connectivity index is 2.66. The van der Waals surface area contributed by atoms with Gasteiger partial charge >= 0.3 is 0 Å². The fourth-order valence-electron chi connectivity index (χ4n) is 1.82. The molecular formula is C14H20BrNO. The Morgan fingerprint density at radius 3 is 2.35 bits per heavy atom. The predicted octanol–water partition coefficient (Wildman–Crippen LogP) is 3.51. The van der Waals surface area contributed by atoms with Gasteiger partial charge in [0.15, 0.2) is 0 Å². The lowest BCUT2D eigenvalue weighted by Gasteiger charge is -2.16. The molecule has 0 radical (unpaired) electrons. The molecular weight excluding hydrogens is 278 g/mol. The molecule has 0 saturated heterocycles. The van der Waals surface area contributed by atoms with Gasteiger partial charge in [-0.3, -0.25) is 4.79 Å². The van der Waals surface area contributed by atoms with Crippen molar-refractivity contribution in [3.63, 3.8) is 0 Å². The largest absolute Gasteiger partial charge is 0.314 e. The van der Waals surface area contributed by atoms with Crippen LogP contribution in [-0.4, -0.2) is 18.4 Å². The lowest BCUT2D eigenvalue weighted by Crippen LogP contribution is -2.26. The van der Waals surface area contributed by atoms with Gasteiger partial charge in [0.2, 0.25) is 0 Å². The van der Waals surface area contributed by atoms with Gasteiger partial charge in [-0.1, -0.05) is 41.9 Å². The second-order valence-corrected chi connectivity index (χ2v) is 5.53. The Hall–Kier alpha value is -0.670. The zero-order valence-corrected chi connectivity index (χ0v) is 12.3. The molecule has 0 spiro atoms. The van der Waals surface area contributed by atoms with E-state index in [4.69, 9.17) is 0 Å². The number of nitrogens with one attached hydrogen (secondary N) is 1. The number of halogens is 1. The van der Waals surface area contributed by atoms with Crippen molar-refractivity contribution in [3.05, 3.63) is 34.3 Å². The Labute approximate surface area is 112 Å². The highest BCUT2D eigenvalue weighted by atomic mass is 79.9. The first-order valence-corrected chi connectivity index (χ1v) is 6.79. The standard InChI is InChI=1S/C14H20BrNO/c1-10(2)16-9-8-14(11(3)17)12-4-6-13(15)7-5-12/h4-7,10,14,16H,8-9H2,1-3H3/t14-/m0/s1. The van der Waals surface area contributed by atoms with Crippen molar-refractivity contribution in [3.8, 4) is 0 Å². The third kappa shape index (κ3) is 5.00. The van der Waals surface area contributed by atoms with Crippen LogP contribution >= 0.6 is 15.9 Å². The van der Waals surface area contributed by atoms with Gasteiger partial charge in [0.05, 0.1) is 0 Å². The van der Waals surface area contributed by atoms with Crippen molar-refractivity contribution in [2.24, 2.45) is 0 Å². The number of hydrogen-bond acceptors (Lipinski definition) is 2. The average molecular weight is 298 g/mol. The molecule has 0 heterocycles. The minimum atomic E-state index is 0.00866. The number of carbonyl (C=O) groups is 1. The van der Waals surface area contributed by atoms with E-state index in [-0.39, 0.29) is 11.7 Å². The third-order valence-corrected chi connectivity index (χ3v) is 3.28. The van der Waals surface area contributed by atoms with Crippen LogP contribution in [0.25, 0.3) is 0 Å². The third-order valence-electron chi connectivity index (χ3n) is 2.75. The van der Waals surface area contributed by atoms with Crippen LogP contribution in [-0.2, 0) is 4.79 Å². The number of ketones is 1. The van der Waals surface area contributed by atoms with Crippen LogP contribution in [0.2, 0.25) is 0 Å². The molecule has 0 unspecified atom stereocenters. The summed E-state index contributed by atoms with van der Waals surface area (Å²) in [5.74, 6) is 0.243. The summed E-state index contributed by atoms with van der Waals surface area (Å²) in [7, 11) is 0. The molecule has 0 aliphatic carbocycles. The molecule has 2 nitrogen and oxygen atoms in total. The molecule has 3 heteroatoms. The summed E-state index contributed by atoms with van der Waals surface area (Å²) in [6, 6.07) is 8.48. The van der Waals surface area contributed by atoms with E-state index >= 15 is 0 Å². The van der Waals surface area contributed by atoms with E-state index < -0.39 is 0 Å². The average Bonchev–Trinajstić information content (AvgIpc) is 2.25. The van der Waals surface area contributed by atoms with E-state index in [0.29, 0.717) is 6.04 Å². The molecule has 0 fully saturated rings. The van der Waals surface area contributed by atoms with Crippen LogP contribution in [0.1, 0.15) is 38.7 Å². The number of hydrogen-bond donors (Lipinski definition) is 1. The van der Waals surface area contributed by atoms with Crippen molar-refractivity contribution in [1.29, 1.82) is 0 Å². The summed E-state index contributed by atoms with van der Waals surface area (Å²) in [5, 5.41) is 3.35. The minimum Gasteiger partial charge on any atom is -0.314 e. The maximum Gasteiger partial charge on any atom is 0.137 e. The van der Waals surface area contributed by atoms with Crippen LogP contribution in [0, 0.1) is 0 Å². The van der Waals surface area contributed by atoms with E-state index in [2.05, 4.69) is 35.1 Å². The summed E-state index contributed by atoms with van der Waals surface area (Å²) >= 11 is 3.41. The number of Topliss-reactive ketones (excluding diaryl/α,β-unsaturated/α-hetero) is 1. The zero-order chi connectivity index (χ0) is 12.8. The lowest BCUT2D eigenvalue weighted by atomic mass is 9.92. The number of carbonyl (C=O) groups excluding carboxylic acids is 1. The highest BCUT2D eigenvalue weighted by Crippen LogP contribution is 2.22. The van der Waals surface area contributed by atoms with Crippen molar-refractivity contribution in [2.75, 3.05) is 6.54 Å². The van der Waals surface area contributed by atoms with E-state index in [1.165, 1.54) is 0 Å². The fourth-order valence-corrected chi connectivity index (χ4v) is 2.08. The van der Waals surface area contributed by atoms with Gasteiger partial charge in [0.1, 0.15) is 5.78 Å². The lowest BCUT2D eigenvalue weighted by molar-refractivity contribution is -0.118. The van der Waals surface area contributed by atoms with E-state index in [1.54, 1.807) is 6.92 Å². The summed E-state index contributed by atoms with van der Waals surface area (Å²) in [6.45, 7) is 6.77. The predicted molar refractivity (Wildman–Crippen MR) is 75.3 cm³/mol. The smallest absolute Gasteiger partial charge is 0.137 e. The molecule has 0 amide bonds. The van der Waals surface area contributed by atoms with Crippen LogP contribution < -0.4 is 5.32 Å². The van der Waals surface area contributed by atoms with Gasteiger partial charge in [-0.05, 0) is 37.6 Å². The van der Waals surface area contributed by atoms with Gasteiger partial charge < -0.3 is 5.32 Å². The highest BCUT2D eigenvalue weighted by molar-refractivity contribution is 9.10. The zero-order valence-electron chi connectivity index (χ0n) is 10.7. The van der Waals surface area contributed by atoms with Gasteiger partial charge in [-0.25, -0.2) is 0 Å². The first-order valence-electron chi connectivity index (χ1n) is 6.00. The normalized spacial score (nSPS) is 12.8. The topological polar surface area (TPSA) is 29.1 Å². The summed E-state index contributed by atoms with van der Waals surface area (Å²) < 4.78 is 1.05. The molecule has 0 saturated carbocycles. The summed E-state index contributed by atoms with van der Waals surface area (Å²) in [6.07, 6.45) is 0.856. The number of rotatable bonds is 6. The molecule has 0 aliphatic heterocycles.